The molecule has 0 bridgehead atoms. The Bertz CT molecular complexity index is 222. The minimum absolute atomic E-state index is 0.0564. The molecule has 0 radical (unpaired) electrons. The van der Waals surface area contributed by atoms with Crippen LogP contribution >= 0.6 is 0 Å². The second-order valence-corrected chi connectivity index (χ2v) is 5.37. The summed E-state index contributed by atoms with van der Waals surface area (Å²) in [7, 11) is 0. The average Bonchev–Trinajstić information content (AvgIpc) is 2.30. The molecule has 1 heterocycles. The fourth-order valence-corrected chi connectivity index (χ4v) is 2.71. The lowest BCUT2D eigenvalue weighted by Crippen LogP contribution is -2.41. The molecule has 1 atom stereocenters. The van der Waals surface area contributed by atoms with Gasteiger partial charge >= 0.3 is 0 Å². The van der Waals surface area contributed by atoms with Gasteiger partial charge in [0.25, 0.3) is 0 Å². The fourth-order valence-electron chi connectivity index (χ4n) is 2.71. The summed E-state index contributed by atoms with van der Waals surface area (Å²) in [6.45, 7) is 6.24. The minimum atomic E-state index is 0.0564. The van der Waals surface area contributed by atoms with Crippen LogP contribution in [0.1, 0.15) is 58.8 Å². The predicted molar refractivity (Wildman–Crippen MR) is 71.7 cm³/mol. The standard InChI is InChI=1S/C14H28N2O/c1-3-5-12-7-9-16(10-8-12)14(17)11-13(15)6-4-2/h12-13H,3-11,15H2,1-2H3. The summed E-state index contributed by atoms with van der Waals surface area (Å²) < 4.78 is 0. The first-order valence-electron chi connectivity index (χ1n) is 7.20. The quantitative estimate of drug-likeness (QED) is 0.775. The topological polar surface area (TPSA) is 46.3 Å². The molecule has 0 aromatic heterocycles. The Morgan fingerprint density at radius 2 is 1.94 bits per heavy atom. The van der Waals surface area contributed by atoms with Gasteiger partial charge in [-0.3, -0.25) is 4.79 Å². The molecule has 1 amide bonds. The molecular formula is C14H28N2O. The molecule has 1 aliphatic rings. The van der Waals surface area contributed by atoms with Gasteiger partial charge in [-0.25, -0.2) is 0 Å². The zero-order valence-corrected chi connectivity index (χ0v) is 11.5. The average molecular weight is 240 g/mol. The van der Waals surface area contributed by atoms with Crippen LogP contribution in [0.2, 0.25) is 0 Å². The second-order valence-electron chi connectivity index (χ2n) is 5.37. The van der Waals surface area contributed by atoms with E-state index >= 15 is 0 Å². The number of carbonyl (C=O) groups is 1. The highest BCUT2D eigenvalue weighted by Crippen LogP contribution is 2.22. The Balaban J connectivity index is 2.25. The predicted octanol–water partition coefficient (Wildman–Crippen LogP) is 2.54. The third kappa shape index (κ3) is 5.07. The highest BCUT2D eigenvalue weighted by Gasteiger charge is 2.22. The molecule has 100 valence electrons. The highest BCUT2D eigenvalue weighted by molar-refractivity contribution is 5.76. The number of carbonyl (C=O) groups excluding carboxylic acids is 1. The SMILES string of the molecule is CCCC(N)CC(=O)N1CCC(CCC)CC1. The molecule has 3 heteroatoms. The summed E-state index contributed by atoms with van der Waals surface area (Å²) in [5, 5.41) is 0. The Labute approximate surface area is 106 Å². The van der Waals surface area contributed by atoms with Gasteiger partial charge in [0.1, 0.15) is 0 Å². The maximum atomic E-state index is 12.0. The van der Waals surface area contributed by atoms with E-state index in [1.54, 1.807) is 0 Å². The summed E-state index contributed by atoms with van der Waals surface area (Å²) in [5.41, 5.74) is 5.92. The maximum Gasteiger partial charge on any atom is 0.224 e. The number of hydrogen-bond donors (Lipinski definition) is 1. The van der Waals surface area contributed by atoms with E-state index in [0.717, 1.165) is 31.8 Å². The Morgan fingerprint density at radius 3 is 2.47 bits per heavy atom. The van der Waals surface area contributed by atoms with Crippen molar-refractivity contribution in [1.82, 2.24) is 4.90 Å². The molecule has 3 nitrogen and oxygen atoms in total. The summed E-state index contributed by atoms with van der Waals surface area (Å²) in [5.74, 6) is 1.11. The largest absolute Gasteiger partial charge is 0.343 e. The summed E-state index contributed by atoms with van der Waals surface area (Å²) in [6.07, 6.45) is 7.50. The molecule has 2 N–H and O–H groups in total. The van der Waals surface area contributed by atoms with Crippen molar-refractivity contribution in [3.8, 4) is 0 Å². The Kier molecular flexibility index (Phi) is 6.56. The number of nitrogens with zero attached hydrogens (tertiary/aromatic N) is 1. The first-order chi connectivity index (χ1) is 8.17. The maximum absolute atomic E-state index is 12.0. The monoisotopic (exact) mass is 240 g/mol. The van der Waals surface area contributed by atoms with E-state index in [4.69, 9.17) is 5.73 Å². The van der Waals surface area contributed by atoms with Crippen LogP contribution in [-0.4, -0.2) is 29.9 Å². The molecule has 0 spiro atoms. The molecule has 1 unspecified atom stereocenters. The lowest BCUT2D eigenvalue weighted by molar-refractivity contribution is -0.133. The molecular weight excluding hydrogens is 212 g/mol. The van der Waals surface area contributed by atoms with Gasteiger partial charge in [0.05, 0.1) is 0 Å². The van der Waals surface area contributed by atoms with Crippen molar-refractivity contribution < 1.29 is 4.79 Å². The van der Waals surface area contributed by atoms with Crippen molar-refractivity contribution in [2.75, 3.05) is 13.1 Å². The van der Waals surface area contributed by atoms with E-state index in [1.165, 1.54) is 25.7 Å². The summed E-state index contributed by atoms with van der Waals surface area (Å²) >= 11 is 0. The normalized spacial score (nSPS) is 19.4. The molecule has 1 aliphatic heterocycles. The third-order valence-electron chi connectivity index (χ3n) is 3.76. The second kappa shape index (κ2) is 7.70. The van der Waals surface area contributed by atoms with E-state index in [2.05, 4.69) is 13.8 Å². The first kappa shape index (κ1) is 14.5. The van der Waals surface area contributed by atoms with Crippen molar-refractivity contribution in [2.45, 2.75) is 64.8 Å². The van der Waals surface area contributed by atoms with Gasteiger partial charge < -0.3 is 10.6 Å². The van der Waals surface area contributed by atoms with Gasteiger partial charge in [-0.2, -0.15) is 0 Å². The number of rotatable bonds is 6. The van der Waals surface area contributed by atoms with Crippen molar-refractivity contribution in [3.63, 3.8) is 0 Å². The summed E-state index contributed by atoms with van der Waals surface area (Å²) in [6, 6.07) is 0.0564. The van der Waals surface area contributed by atoms with E-state index in [9.17, 15) is 4.79 Å². The van der Waals surface area contributed by atoms with Crippen LogP contribution in [0.25, 0.3) is 0 Å². The number of nitrogens with two attached hydrogens (primary N) is 1. The number of hydrogen-bond acceptors (Lipinski definition) is 2. The third-order valence-corrected chi connectivity index (χ3v) is 3.76. The minimum Gasteiger partial charge on any atom is -0.343 e. The summed E-state index contributed by atoms with van der Waals surface area (Å²) in [4.78, 5) is 14.0. The van der Waals surface area contributed by atoms with E-state index in [1.807, 2.05) is 4.90 Å². The van der Waals surface area contributed by atoms with Crippen molar-refractivity contribution in [3.05, 3.63) is 0 Å². The molecule has 0 aromatic rings. The number of piperidine rings is 1. The van der Waals surface area contributed by atoms with Crippen LogP contribution in [0, 0.1) is 5.92 Å². The van der Waals surface area contributed by atoms with Crippen LogP contribution in [0.3, 0.4) is 0 Å². The van der Waals surface area contributed by atoms with Crippen LogP contribution in [0.15, 0.2) is 0 Å². The zero-order valence-electron chi connectivity index (χ0n) is 11.5. The first-order valence-corrected chi connectivity index (χ1v) is 7.20. The molecule has 1 fully saturated rings. The van der Waals surface area contributed by atoms with Gasteiger partial charge in [-0.15, -0.1) is 0 Å². The Hall–Kier alpha value is -0.570. The zero-order chi connectivity index (χ0) is 12.7. The van der Waals surface area contributed by atoms with Gasteiger partial charge in [0, 0.05) is 25.6 Å². The van der Waals surface area contributed by atoms with Gasteiger partial charge in [-0.05, 0) is 25.2 Å². The molecule has 1 saturated heterocycles. The van der Waals surface area contributed by atoms with Crippen LogP contribution in [0.5, 0.6) is 0 Å². The van der Waals surface area contributed by atoms with Crippen LogP contribution in [0.4, 0.5) is 0 Å². The smallest absolute Gasteiger partial charge is 0.224 e. The number of likely N-dealkylation sites (tertiary alicyclic amines) is 1. The lowest BCUT2D eigenvalue weighted by atomic mass is 9.92. The lowest BCUT2D eigenvalue weighted by Gasteiger charge is -2.32. The van der Waals surface area contributed by atoms with Crippen molar-refractivity contribution >= 4 is 5.91 Å². The van der Waals surface area contributed by atoms with Crippen LogP contribution in [-0.2, 0) is 4.79 Å². The molecule has 0 aliphatic carbocycles. The van der Waals surface area contributed by atoms with E-state index in [-0.39, 0.29) is 11.9 Å². The fraction of sp³-hybridized carbons (Fsp3) is 0.929. The van der Waals surface area contributed by atoms with Crippen LogP contribution < -0.4 is 5.73 Å². The molecule has 0 aromatic carbocycles. The molecule has 1 rings (SSSR count). The number of amides is 1. The van der Waals surface area contributed by atoms with Gasteiger partial charge in [-0.1, -0.05) is 33.1 Å². The van der Waals surface area contributed by atoms with E-state index < -0.39 is 0 Å². The van der Waals surface area contributed by atoms with Crippen molar-refractivity contribution in [1.29, 1.82) is 0 Å². The van der Waals surface area contributed by atoms with Gasteiger partial charge in [0.2, 0.25) is 5.91 Å². The Morgan fingerprint density at radius 1 is 1.29 bits per heavy atom. The highest BCUT2D eigenvalue weighted by atomic mass is 16.2. The van der Waals surface area contributed by atoms with Crippen molar-refractivity contribution in [2.24, 2.45) is 11.7 Å². The van der Waals surface area contributed by atoms with Gasteiger partial charge in [0.15, 0.2) is 0 Å². The molecule has 0 saturated carbocycles. The molecule has 17 heavy (non-hydrogen) atoms. The van der Waals surface area contributed by atoms with E-state index in [0.29, 0.717) is 6.42 Å².